The van der Waals surface area contributed by atoms with E-state index in [-0.39, 0.29) is 12.3 Å². The Hall–Kier alpha value is -3.09. The van der Waals surface area contributed by atoms with Crippen molar-refractivity contribution in [2.24, 2.45) is 7.05 Å². The molecule has 1 aromatic heterocycles. The first-order valence-electron chi connectivity index (χ1n) is 11.6. The summed E-state index contributed by atoms with van der Waals surface area (Å²) < 4.78 is 33.7. The molecule has 0 bridgehead atoms. The molecule has 0 aliphatic carbocycles. The Bertz CT molecular complexity index is 1600. The molecule has 0 radical (unpaired) electrons. The average Bonchev–Trinajstić information content (AvgIpc) is 3.39. The number of anilines is 1. The van der Waals surface area contributed by atoms with E-state index < -0.39 is 15.4 Å². The third-order valence-electron chi connectivity index (χ3n) is 7.43. The summed E-state index contributed by atoms with van der Waals surface area (Å²) in [5.41, 5.74) is 4.99. The number of benzene rings is 3. The second-order valence-electron chi connectivity index (χ2n) is 9.99. The van der Waals surface area contributed by atoms with E-state index in [1.807, 2.05) is 12.1 Å². The first-order valence-corrected chi connectivity index (χ1v) is 13.5. The highest BCUT2D eigenvalue weighted by Gasteiger charge is 2.52. The summed E-state index contributed by atoms with van der Waals surface area (Å²) >= 11 is 0. The molecule has 3 aromatic carbocycles. The molecule has 0 N–H and O–H groups in total. The number of ether oxygens (including phenoxy) is 1. The number of hydrogen-bond donors (Lipinski definition) is 0. The molecule has 2 aliphatic rings. The SMILES string of the molecule is Cn1c2ccccc2c2cc(C=CC3OC4Cc5cccc(S(C)(=O)=O)c5N4C3(C)C)ccc21. The summed E-state index contributed by atoms with van der Waals surface area (Å²) in [7, 11) is -1.24. The van der Waals surface area contributed by atoms with Gasteiger partial charge in [0.15, 0.2) is 9.84 Å². The van der Waals surface area contributed by atoms with E-state index in [9.17, 15) is 8.42 Å². The van der Waals surface area contributed by atoms with Crippen molar-refractivity contribution in [1.29, 1.82) is 0 Å². The van der Waals surface area contributed by atoms with Gasteiger partial charge in [-0.1, -0.05) is 48.6 Å². The fourth-order valence-corrected chi connectivity index (χ4v) is 6.64. The number of rotatable bonds is 3. The normalized spacial score (nSPS) is 21.6. The van der Waals surface area contributed by atoms with E-state index in [1.165, 1.54) is 28.1 Å². The molecule has 6 heteroatoms. The number of sulfone groups is 1. The van der Waals surface area contributed by atoms with Crippen molar-refractivity contribution in [3.63, 3.8) is 0 Å². The van der Waals surface area contributed by atoms with Crippen LogP contribution in [0, 0.1) is 0 Å². The Morgan fingerprint density at radius 1 is 1.00 bits per heavy atom. The standard InChI is InChI=1S/C28H28N2O3S/c1-28(2)25(33-26-17-19-8-7-11-24(34(4,31)32)27(19)30(26)28)15-13-18-12-14-23-21(16-18)20-9-5-6-10-22(20)29(23)3/h5-16,25-26H,17H2,1-4H3. The van der Waals surface area contributed by atoms with Crippen molar-refractivity contribution in [3.05, 3.63) is 77.9 Å². The largest absolute Gasteiger partial charge is 0.348 e. The highest BCUT2D eigenvalue weighted by Crippen LogP contribution is 2.48. The summed E-state index contributed by atoms with van der Waals surface area (Å²) in [6.45, 7) is 4.26. The summed E-state index contributed by atoms with van der Waals surface area (Å²) in [6.07, 6.45) is 5.88. The lowest BCUT2D eigenvalue weighted by Gasteiger charge is -2.35. The second-order valence-corrected chi connectivity index (χ2v) is 12.0. The maximum absolute atomic E-state index is 12.5. The number of fused-ring (bicyclic) bond motifs is 6. The van der Waals surface area contributed by atoms with E-state index in [1.54, 1.807) is 6.07 Å². The van der Waals surface area contributed by atoms with Crippen LogP contribution in [0.25, 0.3) is 27.9 Å². The molecule has 0 amide bonds. The molecule has 34 heavy (non-hydrogen) atoms. The van der Waals surface area contributed by atoms with Crippen LogP contribution in [-0.2, 0) is 28.0 Å². The average molecular weight is 473 g/mol. The third kappa shape index (κ3) is 3.05. The van der Waals surface area contributed by atoms with Crippen LogP contribution in [0.2, 0.25) is 0 Å². The number of nitrogens with zero attached hydrogens (tertiary/aromatic N) is 2. The van der Waals surface area contributed by atoms with Gasteiger partial charge in [-0.25, -0.2) is 8.42 Å². The predicted octanol–water partition coefficient (Wildman–Crippen LogP) is 5.31. The van der Waals surface area contributed by atoms with Gasteiger partial charge in [0.05, 0.1) is 16.1 Å². The zero-order valence-corrected chi connectivity index (χ0v) is 20.6. The number of hydrogen-bond acceptors (Lipinski definition) is 4. The lowest BCUT2D eigenvalue weighted by molar-refractivity contribution is 0.0652. The van der Waals surface area contributed by atoms with Gasteiger partial charge in [0.25, 0.3) is 0 Å². The molecule has 2 atom stereocenters. The van der Waals surface area contributed by atoms with E-state index in [0.717, 1.165) is 16.8 Å². The van der Waals surface area contributed by atoms with E-state index >= 15 is 0 Å². The molecule has 2 unspecified atom stereocenters. The Labute approximate surface area is 200 Å². The van der Waals surface area contributed by atoms with Crippen molar-refractivity contribution >= 4 is 43.4 Å². The first kappa shape index (κ1) is 21.4. The zero-order valence-electron chi connectivity index (χ0n) is 19.8. The predicted molar refractivity (Wildman–Crippen MR) is 138 cm³/mol. The fraction of sp³-hybridized carbons (Fsp3) is 0.286. The molecular formula is C28H28N2O3S. The van der Waals surface area contributed by atoms with Gasteiger partial charge in [-0.15, -0.1) is 0 Å². The van der Waals surface area contributed by atoms with Gasteiger partial charge < -0.3 is 14.2 Å². The van der Waals surface area contributed by atoms with Crippen LogP contribution in [-0.4, -0.2) is 37.1 Å². The summed E-state index contributed by atoms with van der Waals surface area (Å²) in [5, 5.41) is 2.48. The van der Waals surface area contributed by atoms with Crippen LogP contribution in [0.3, 0.4) is 0 Å². The molecule has 6 rings (SSSR count). The Kier molecular flexibility index (Phi) is 4.54. The molecule has 1 fully saturated rings. The summed E-state index contributed by atoms with van der Waals surface area (Å²) in [6, 6.07) is 20.5. The minimum atomic E-state index is -3.34. The molecule has 174 valence electrons. The van der Waals surface area contributed by atoms with Crippen molar-refractivity contribution in [3.8, 4) is 0 Å². The molecule has 0 saturated carbocycles. The third-order valence-corrected chi connectivity index (χ3v) is 8.56. The number of aryl methyl sites for hydroxylation is 1. The minimum Gasteiger partial charge on any atom is -0.348 e. The Morgan fingerprint density at radius 2 is 1.76 bits per heavy atom. The van der Waals surface area contributed by atoms with Gasteiger partial charge in [0.1, 0.15) is 12.3 Å². The zero-order chi connectivity index (χ0) is 23.8. The van der Waals surface area contributed by atoms with Crippen LogP contribution in [0.15, 0.2) is 71.6 Å². The van der Waals surface area contributed by atoms with Crippen molar-refractivity contribution < 1.29 is 13.2 Å². The number of aromatic nitrogens is 1. The van der Waals surface area contributed by atoms with Crippen LogP contribution < -0.4 is 4.90 Å². The van der Waals surface area contributed by atoms with Crippen molar-refractivity contribution in [2.75, 3.05) is 11.2 Å². The van der Waals surface area contributed by atoms with Gasteiger partial charge in [-0.2, -0.15) is 0 Å². The molecule has 5 nitrogen and oxygen atoms in total. The highest BCUT2D eigenvalue weighted by molar-refractivity contribution is 7.90. The first-order chi connectivity index (χ1) is 16.2. The van der Waals surface area contributed by atoms with E-state index in [0.29, 0.717) is 11.3 Å². The van der Waals surface area contributed by atoms with Crippen LogP contribution in [0.1, 0.15) is 25.0 Å². The maximum Gasteiger partial charge on any atom is 0.177 e. The quantitative estimate of drug-likeness (QED) is 0.405. The lowest BCUT2D eigenvalue weighted by Crippen LogP contribution is -2.46. The lowest BCUT2D eigenvalue weighted by atomic mass is 9.94. The molecule has 3 heterocycles. The van der Waals surface area contributed by atoms with Gasteiger partial charge in [-0.05, 0) is 49.2 Å². The van der Waals surface area contributed by atoms with Crippen molar-refractivity contribution in [1.82, 2.24) is 4.57 Å². The van der Waals surface area contributed by atoms with Crippen LogP contribution in [0.5, 0.6) is 0 Å². The molecule has 0 spiro atoms. The topological polar surface area (TPSA) is 51.5 Å². The molecule has 2 aliphatic heterocycles. The highest BCUT2D eigenvalue weighted by atomic mass is 32.2. The fourth-order valence-electron chi connectivity index (χ4n) is 5.74. The minimum absolute atomic E-state index is 0.164. The van der Waals surface area contributed by atoms with Gasteiger partial charge in [0, 0.05) is 41.5 Å². The molecule has 4 aromatic rings. The second kappa shape index (κ2) is 7.20. The summed E-state index contributed by atoms with van der Waals surface area (Å²) in [4.78, 5) is 2.55. The molecular weight excluding hydrogens is 444 g/mol. The Balaban J connectivity index is 1.36. The molecule has 1 saturated heterocycles. The van der Waals surface area contributed by atoms with Gasteiger partial charge in [-0.3, -0.25) is 0 Å². The van der Waals surface area contributed by atoms with E-state index in [2.05, 4.69) is 85.0 Å². The van der Waals surface area contributed by atoms with Crippen LogP contribution >= 0.6 is 0 Å². The number of para-hydroxylation sites is 2. The van der Waals surface area contributed by atoms with Crippen LogP contribution in [0.4, 0.5) is 5.69 Å². The van der Waals surface area contributed by atoms with Crippen molar-refractivity contribution in [2.45, 2.75) is 43.0 Å². The van der Waals surface area contributed by atoms with E-state index in [4.69, 9.17) is 4.74 Å². The van der Waals surface area contributed by atoms with Gasteiger partial charge in [0.2, 0.25) is 0 Å². The smallest absolute Gasteiger partial charge is 0.177 e. The summed E-state index contributed by atoms with van der Waals surface area (Å²) in [5.74, 6) is 0. The monoisotopic (exact) mass is 472 g/mol. The maximum atomic E-state index is 12.5. The van der Waals surface area contributed by atoms with Gasteiger partial charge >= 0.3 is 0 Å². The Morgan fingerprint density at radius 3 is 2.56 bits per heavy atom.